The lowest BCUT2D eigenvalue weighted by Crippen LogP contribution is -2.16. The summed E-state index contributed by atoms with van der Waals surface area (Å²) in [4.78, 5) is 0. The molecule has 0 aliphatic rings. The van der Waals surface area contributed by atoms with E-state index in [0.717, 1.165) is 29.6 Å². The fourth-order valence-electron chi connectivity index (χ4n) is 1.95. The maximum absolute atomic E-state index is 5.86. The molecule has 0 saturated carbocycles. The molecule has 0 fully saturated rings. The monoisotopic (exact) mass is 229 g/mol. The summed E-state index contributed by atoms with van der Waals surface area (Å²) in [7, 11) is 1.96. The summed E-state index contributed by atoms with van der Waals surface area (Å²) in [5.74, 6) is 0.989. The number of nitrogens with one attached hydrogen (secondary N) is 1. The first kappa shape index (κ1) is 11.9. The van der Waals surface area contributed by atoms with Gasteiger partial charge in [0.05, 0.1) is 6.04 Å². The third kappa shape index (κ3) is 2.59. The molecule has 0 aliphatic heterocycles. The molecule has 2 nitrogen and oxygen atoms in total. The van der Waals surface area contributed by atoms with E-state index in [9.17, 15) is 0 Å². The SMILES string of the molecule is C=C(CC)CC(NC)c1cc2ccccc2o1. The van der Waals surface area contributed by atoms with Gasteiger partial charge in [-0.1, -0.05) is 37.3 Å². The summed E-state index contributed by atoms with van der Waals surface area (Å²) >= 11 is 0. The smallest absolute Gasteiger partial charge is 0.134 e. The van der Waals surface area contributed by atoms with Crippen molar-refractivity contribution in [3.05, 3.63) is 48.2 Å². The molecular weight excluding hydrogens is 210 g/mol. The van der Waals surface area contributed by atoms with Crippen molar-refractivity contribution in [2.75, 3.05) is 7.05 Å². The van der Waals surface area contributed by atoms with Crippen LogP contribution in [0.2, 0.25) is 0 Å². The molecule has 2 aromatic rings. The summed E-state index contributed by atoms with van der Waals surface area (Å²) in [5.41, 5.74) is 2.19. The first-order chi connectivity index (χ1) is 8.24. The minimum atomic E-state index is 0.217. The maximum Gasteiger partial charge on any atom is 0.134 e. The fourth-order valence-corrected chi connectivity index (χ4v) is 1.95. The highest BCUT2D eigenvalue weighted by molar-refractivity contribution is 5.77. The third-order valence-corrected chi connectivity index (χ3v) is 3.13. The molecule has 0 spiro atoms. The van der Waals surface area contributed by atoms with E-state index in [1.165, 1.54) is 5.57 Å². The number of benzene rings is 1. The van der Waals surface area contributed by atoms with E-state index in [-0.39, 0.29) is 6.04 Å². The zero-order valence-electron chi connectivity index (χ0n) is 10.5. The van der Waals surface area contributed by atoms with Gasteiger partial charge in [-0.3, -0.25) is 0 Å². The molecule has 0 amide bonds. The highest BCUT2D eigenvalue weighted by Crippen LogP contribution is 2.27. The second-order valence-corrected chi connectivity index (χ2v) is 4.34. The van der Waals surface area contributed by atoms with E-state index in [1.807, 2.05) is 25.2 Å². The molecule has 90 valence electrons. The van der Waals surface area contributed by atoms with Crippen molar-refractivity contribution >= 4 is 11.0 Å². The van der Waals surface area contributed by atoms with E-state index in [2.05, 4.69) is 31.0 Å². The van der Waals surface area contributed by atoms with Crippen molar-refractivity contribution in [1.29, 1.82) is 0 Å². The lowest BCUT2D eigenvalue weighted by Gasteiger charge is -2.14. The van der Waals surface area contributed by atoms with Gasteiger partial charge >= 0.3 is 0 Å². The summed E-state index contributed by atoms with van der Waals surface area (Å²) in [6, 6.07) is 10.4. The molecule has 1 N–H and O–H groups in total. The van der Waals surface area contributed by atoms with Crippen molar-refractivity contribution in [3.63, 3.8) is 0 Å². The van der Waals surface area contributed by atoms with Crippen LogP contribution in [0.5, 0.6) is 0 Å². The second kappa shape index (κ2) is 5.19. The molecule has 0 aliphatic carbocycles. The fraction of sp³-hybridized carbons (Fsp3) is 0.333. The molecule has 1 atom stereocenters. The lowest BCUT2D eigenvalue weighted by atomic mass is 10.0. The van der Waals surface area contributed by atoms with Crippen LogP contribution in [0.25, 0.3) is 11.0 Å². The summed E-state index contributed by atoms with van der Waals surface area (Å²) in [6.45, 7) is 6.19. The predicted octanol–water partition coefficient (Wildman–Crippen LogP) is 4.05. The number of furan rings is 1. The van der Waals surface area contributed by atoms with Crippen molar-refractivity contribution in [2.45, 2.75) is 25.8 Å². The van der Waals surface area contributed by atoms with Gasteiger partial charge in [-0.25, -0.2) is 0 Å². The molecule has 1 unspecified atom stereocenters. The summed E-state index contributed by atoms with van der Waals surface area (Å²) in [6.07, 6.45) is 1.94. The molecule has 1 aromatic carbocycles. The van der Waals surface area contributed by atoms with Gasteiger partial charge in [0.25, 0.3) is 0 Å². The Balaban J connectivity index is 2.27. The van der Waals surface area contributed by atoms with Gasteiger partial charge in [0.2, 0.25) is 0 Å². The third-order valence-electron chi connectivity index (χ3n) is 3.13. The van der Waals surface area contributed by atoms with Crippen molar-refractivity contribution in [2.24, 2.45) is 0 Å². The Labute approximate surface area is 102 Å². The van der Waals surface area contributed by atoms with Gasteiger partial charge in [0, 0.05) is 5.39 Å². The molecule has 2 heteroatoms. The van der Waals surface area contributed by atoms with E-state index >= 15 is 0 Å². The molecule has 17 heavy (non-hydrogen) atoms. The Morgan fingerprint density at radius 2 is 2.18 bits per heavy atom. The van der Waals surface area contributed by atoms with Gasteiger partial charge in [0.15, 0.2) is 0 Å². The van der Waals surface area contributed by atoms with E-state index in [0.29, 0.717) is 0 Å². The predicted molar refractivity (Wildman–Crippen MR) is 72.1 cm³/mol. The van der Waals surface area contributed by atoms with Crippen molar-refractivity contribution < 1.29 is 4.42 Å². The minimum Gasteiger partial charge on any atom is -0.459 e. The molecule has 0 saturated heterocycles. The van der Waals surface area contributed by atoms with Crippen LogP contribution >= 0.6 is 0 Å². The molecule has 0 bridgehead atoms. The first-order valence-electron chi connectivity index (χ1n) is 6.07. The molecule has 2 rings (SSSR count). The van der Waals surface area contributed by atoms with Crippen molar-refractivity contribution in [1.82, 2.24) is 5.32 Å². The highest BCUT2D eigenvalue weighted by Gasteiger charge is 2.14. The lowest BCUT2D eigenvalue weighted by molar-refractivity contribution is 0.448. The van der Waals surface area contributed by atoms with E-state index in [1.54, 1.807) is 0 Å². The number of hydrogen-bond donors (Lipinski definition) is 1. The number of para-hydroxylation sites is 1. The number of hydrogen-bond acceptors (Lipinski definition) is 2. The molecular formula is C15H19NO. The standard InChI is InChI=1S/C15H19NO/c1-4-11(2)9-13(16-3)15-10-12-7-5-6-8-14(12)17-15/h5-8,10,13,16H,2,4,9H2,1,3H3. The Morgan fingerprint density at radius 3 is 2.82 bits per heavy atom. The van der Waals surface area contributed by atoms with Crippen LogP contribution in [0.15, 0.2) is 46.9 Å². The Kier molecular flexibility index (Phi) is 3.64. The largest absolute Gasteiger partial charge is 0.459 e. The van der Waals surface area contributed by atoms with Crippen LogP contribution < -0.4 is 5.32 Å². The quantitative estimate of drug-likeness (QED) is 0.782. The normalized spacial score (nSPS) is 12.8. The number of rotatable bonds is 5. The molecule has 1 heterocycles. The van der Waals surface area contributed by atoms with Crippen LogP contribution in [0, 0.1) is 0 Å². The van der Waals surface area contributed by atoms with Gasteiger partial charge in [-0.2, -0.15) is 0 Å². The van der Waals surface area contributed by atoms with Gasteiger partial charge in [-0.15, -0.1) is 0 Å². The Hall–Kier alpha value is -1.54. The zero-order valence-corrected chi connectivity index (χ0v) is 10.5. The van der Waals surface area contributed by atoms with Gasteiger partial charge < -0.3 is 9.73 Å². The first-order valence-corrected chi connectivity index (χ1v) is 6.07. The Morgan fingerprint density at radius 1 is 1.41 bits per heavy atom. The average Bonchev–Trinajstić information content (AvgIpc) is 2.78. The van der Waals surface area contributed by atoms with Crippen LogP contribution in [0.4, 0.5) is 0 Å². The topological polar surface area (TPSA) is 25.2 Å². The van der Waals surface area contributed by atoms with Crippen LogP contribution in [-0.2, 0) is 0 Å². The maximum atomic E-state index is 5.86. The summed E-state index contributed by atoms with van der Waals surface area (Å²) < 4.78 is 5.86. The van der Waals surface area contributed by atoms with Crippen LogP contribution in [0.3, 0.4) is 0 Å². The van der Waals surface area contributed by atoms with Gasteiger partial charge in [0.1, 0.15) is 11.3 Å². The van der Waals surface area contributed by atoms with Gasteiger partial charge in [-0.05, 0) is 32.0 Å². The molecule has 0 radical (unpaired) electrons. The van der Waals surface area contributed by atoms with E-state index < -0.39 is 0 Å². The van der Waals surface area contributed by atoms with E-state index in [4.69, 9.17) is 4.42 Å². The van der Waals surface area contributed by atoms with Crippen LogP contribution in [-0.4, -0.2) is 7.05 Å². The molecule has 1 aromatic heterocycles. The Bertz CT molecular complexity index is 479. The second-order valence-electron chi connectivity index (χ2n) is 4.34. The summed E-state index contributed by atoms with van der Waals surface area (Å²) in [5, 5.41) is 4.45. The van der Waals surface area contributed by atoms with Crippen LogP contribution in [0.1, 0.15) is 31.6 Å². The minimum absolute atomic E-state index is 0.217. The zero-order chi connectivity index (χ0) is 12.3. The number of fused-ring (bicyclic) bond motifs is 1. The highest BCUT2D eigenvalue weighted by atomic mass is 16.3. The van der Waals surface area contributed by atoms with Crippen molar-refractivity contribution in [3.8, 4) is 0 Å². The average molecular weight is 229 g/mol.